The topological polar surface area (TPSA) is 12.0 Å². The monoisotopic (exact) mass is 115 g/mol. The van der Waals surface area contributed by atoms with Crippen molar-refractivity contribution in [1.29, 1.82) is 0 Å². The maximum atomic E-state index is 12.0. The molecule has 0 aromatic carbocycles. The zero-order valence-electron chi connectivity index (χ0n) is 5.11. The van der Waals surface area contributed by atoms with Gasteiger partial charge in [-0.1, -0.05) is 12.2 Å². The summed E-state index contributed by atoms with van der Waals surface area (Å²) in [6.45, 7) is 1.83. The number of hydrogen-bond acceptors (Lipinski definition) is 1. The van der Waals surface area contributed by atoms with E-state index >= 15 is 0 Å². The number of hydrogen-bond donors (Lipinski definition) is 1. The Morgan fingerprint density at radius 3 is 2.62 bits per heavy atom. The van der Waals surface area contributed by atoms with Gasteiger partial charge in [0.1, 0.15) is 0 Å². The van der Waals surface area contributed by atoms with E-state index in [1.54, 1.807) is 12.2 Å². The summed E-state index contributed by atoms with van der Waals surface area (Å²) in [5.41, 5.74) is 0. The van der Waals surface area contributed by atoms with Crippen molar-refractivity contribution >= 4 is 0 Å². The van der Waals surface area contributed by atoms with E-state index in [4.69, 9.17) is 0 Å². The summed E-state index contributed by atoms with van der Waals surface area (Å²) in [7, 11) is 1.54. The lowest BCUT2D eigenvalue weighted by atomic mass is 10.5. The molecule has 2 heteroatoms. The molecule has 0 spiro atoms. The highest BCUT2D eigenvalue weighted by Crippen LogP contribution is 1.87. The van der Waals surface area contributed by atoms with Crippen LogP contribution in [0.25, 0.3) is 0 Å². The van der Waals surface area contributed by atoms with Gasteiger partial charge in [-0.25, -0.2) is 0 Å². The Bertz CT molecular complexity index is 105. The molecule has 0 rings (SSSR count). The van der Waals surface area contributed by atoms with Crippen molar-refractivity contribution in [3.05, 3.63) is 24.2 Å². The standard InChI is InChI=1S/C6H10FN/c1-3-4-5-6(7)8-2/h3-5,8H,1-2H3/b4-3-,6-5-. The minimum Gasteiger partial charge on any atom is -0.365 e. The van der Waals surface area contributed by atoms with Crippen LogP contribution < -0.4 is 5.32 Å². The van der Waals surface area contributed by atoms with Crippen LogP contribution in [0.4, 0.5) is 4.39 Å². The average molecular weight is 115 g/mol. The molecule has 0 atom stereocenters. The second kappa shape index (κ2) is 4.37. The largest absolute Gasteiger partial charge is 0.365 e. The molecule has 0 fully saturated rings. The lowest BCUT2D eigenvalue weighted by Gasteiger charge is -1.87. The third-order valence-electron chi connectivity index (χ3n) is 0.674. The predicted octanol–water partition coefficient (Wildman–Crippen LogP) is 1.59. The summed E-state index contributed by atoms with van der Waals surface area (Å²) in [6.07, 6.45) is 4.75. The molecular weight excluding hydrogens is 105 g/mol. The van der Waals surface area contributed by atoms with Gasteiger partial charge in [-0.3, -0.25) is 0 Å². The molecule has 0 saturated carbocycles. The molecule has 0 heterocycles. The van der Waals surface area contributed by atoms with Gasteiger partial charge in [0.05, 0.1) is 0 Å². The van der Waals surface area contributed by atoms with E-state index in [2.05, 4.69) is 5.32 Å². The molecule has 0 aliphatic carbocycles. The van der Waals surface area contributed by atoms with Crippen molar-refractivity contribution < 1.29 is 4.39 Å². The molecule has 0 amide bonds. The zero-order valence-corrected chi connectivity index (χ0v) is 5.11. The Labute approximate surface area is 48.9 Å². The minimum absolute atomic E-state index is 0.317. The van der Waals surface area contributed by atoms with Gasteiger partial charge in [0, 0.05) is 7.05 Å². The van der Waals surface area contributed by atoms with Crippen molar-refractivity contribution in [3.63, 3.8) is 0 Å². The maximum absolute atomic E-state index is 12.0. The smallest absolute Gasteiger partial charge is 0.186 e. The Hall–Kier alpha value is -0.790. The van der Waals surface area contributed by atoms with E-state index in [9.17, 15) is 4.39 Å². The fourth-order valence-electron chi connectivity index (χ4n) is 0.264. The summed E-state index contributed by atoms with van der Waals surface area (Å²) in [6, 6.07) is 0. The van der Waals surface area contributed by atoms with E-state index in [0.717, 1.165) is 0 Å². The Morgan fingerprint density at radius 2 is 2.25 bits per heavy atom. The minimum atomic E-state index is -0.317. The van der Waals surface area contributed by atoms with Crippen LogP contribution in [0.1, 0.15) is 6.92 Å². The average Bonchev–Trinajstić information content (AvgIpc) is 1.83. The van der Waals surface area contributed by atoms with Crippen molar-refractivity contribution in [1.82, 2.24) is 5.32 Å². The Morgan fingerprint density at radius 1 is 1.62 bits per heavy atom. The molecule has 0 radical (unpaired) electrons. The molecule has 1 N–H and O–H groups in total. The Balaban J connectivity index is 3.57. The normalized spacial score (nSPS) is 12.6. The highest BCUT2D eigenvalue weighted by atomic mass is 19.1. The molecule has 1 nitrogen and oxygen atoms in total. The summed E-state index contributed by atoms with van der Waals surface area (Å²) >= 11 is 0. The van der Waals surface area contributed by atoms with Crippen LogP contribution in [-0.2, 0) is 0 Å². The lowest BCUT2D eigenvalue weighted by Crippen LogP contribution is -1.98. The van der Waals surface area contributed by atoms with Crippen molar-refractivity contribution in [3.8, 4) is 0 Å². The molecule has 46 valence electrons. The maximum Gasteiger partial charge on any atom is 0.186 e. The van der Waals surface area contributed by atoms with Gasteiger partial charge in [0.25, 0.3) is 0 Å². The van der Waals surface area contributed by atoms with Crippen molar-refractivity contribution in [2.45, 2.75) is 6.92 Å². The molecule has 0 unspecified atom stereocenters. The lowest BCUT2D eigenvalue weighted by molar-refractivity contribution is 0.574. The van der Waals surface area contributed by atoms with Crippen LogP contribution in [0, 0.1) is 0 Å². The molecular formula is C6H10FN. The number of rotatable bonds is 2. The SMILES string of the molecule is C/C=C\C=C(\F)NC. The van der Waals surface area contributed by atoms with E-state index in [-0.39, 0.29) is 5.95 Å². The van der Waals surface area contributed by atoms with Gasteiger partial charge in [-0.05, 0) is 13.0 Å². The second-order valence-electron chi connectivity index (χ2n) is 1.29. The third kappa shape index (κ3) is 3.40. The van der Waals surface area contributed by atoms with E-state index in [1.165, 1.54) is 13.1 Å². The van der Waals surface area contributed by atoms with Crippen LogP contribution in [0.3, 0.4) is 0 Å². The third-order valence-corrected chi connectivity index (χ3v) is 0.674. The predicted molar refractivity (Wildman–Crippen MR) is 33.1 cm³/mol. The molecule has 0 saturated heterocycles. The fourth-order valence-corrected chi connectivity index (χ4v) is 0.264. The van der Waals surface area contributed by atoms with Crippen LogP contribution in [0.2, 0.25) is 0 Å². The van der Waals surface area contributed by atoms with Gasteiger partial charge in [0.15, 0.2) is 5.95 Å². The van der Waals surface area contributed by atoms with Crippen LogP contribution >= 0.6 is 0 Å². The fraction of sp³-hybridized carbons (Fsp3) is 0.333. The molecule has 0 aromatic rings. The molecule has 0 aliphatic heterocycles. The Kier molecular flexibility index (Phi) is 3.94. The zero-order chi connectivity index (χ0) is 6.41. The molecule has 0 aromatic heterocycles. The van der Waals surface area contributed by atoms with Crippen LogP contribution in [0.15, 0.2) is 24.2 Å². The summed E-state index contributed by atoms with van der Waals surface area (Å²) < 4.78 is 12.0. The van der Waals surface area contributed by atoms with Gasteiger partial charge in [-0.2, -0.15) is 4.39 Å². The number of nitrogens with one attached hydrogen (secondary N) is 1. The highest BCUT2D eigenvalue weighted by molar-refractivity contribution is 5.03. The van der Waals surface area contributed by atoms with Crippen molar-refractivity contribution in [2.75, 3.05) is 7.05 Å². The molecule has 0 bridgehead atoms. The van der Waals surface area contributed by atoms with Gasteiger partial charge in [0.2, 0.25) is 0 Å². The number of halogens is 1. The van der Waals surface area contributed by atoms with Gasteiger partial charge >= 0.3 is 0 Å². The van der Waals surface area contributed by atoms with Crippen LogP contribution in [-0.4, -0.2) is 7.05 Å². The van der Waals surface area contributed by atoms with Gasteiger partial charge in [-0.15, -0.1) is 0 Å². The number of allylic oxidation sites excluding steroid dienone is 3. The summed E-state index contributed by atoms with van der Waals surface area (Å²) in [5, 5.41) is 2.34. The quantitative estimate of drug-likeness (QED) is 0.425. The second-order valence-corrected chi connectivity index (χ2v) is 1.29. The van der Waals surface area contributed by atoms with Crippen molar-refractivity contribution in [2.24, 2.45) is 0 Å². The summed E-state index contributed by atoms with van der Waals surface area (Å²) in [4.78, 5) is 0. The van der Waals surface area contributed by atoms with E-state index in [0.29, 0.717) is 0 Å². The summed E-state index contributed by atoms with van der Waals surface area (Å²) in [5.74, 6) is -0.317. The first-order valence-electron chi connectivity index (χ1n) is 2.47. The van der Waals surface area contributed by atoms with Gasteiger partial charge < -0.3 is 5.32 Å². The van der Waals surface area contributed by atoms with E-state index in [1.807, 2.05) is 6.92 Å². The van der Waals surface area contributed by atoms with Crippen LogP contribution in [0.5, 0.6) is 0 Å². The van der Waals surface area contributed by atoms with E-state index < -0.39 is 0 Å². The molecule has 0 aliphatic rings. The first-order valence-corrected chi connectivity index (χ1v) is 2.47. The highest BCUT2D eigenvalue weighted by Gasteiger charge is 1.78. The first-order chi connectivity index (χ1) is 3.81. The first kappa shape index (κ1) is 7.21. The molecule has 8 heavy (non-hydrogen) atoms.